The number of ether oxygens (including phenoxy) is 1. The van der Waals surface area contributed by atoms with Crippen molar-refractivity contribution in [2.75, 3.05) is 0 Å². The van der Waals surface area contributed by atoms with Crippen molar-refractivity contribution in [2.24, 2.45) is 5.92 Å². The normalized spacial score (nSPS) is 11.6. The van der Waals surface area contributed by atoms with Gasteiger partial charge in [0.2, 0.25) is 0 Å². The van der Waals surface area contributed by atoms with Crippen LogP contribution in [0.3, 0.4) is 0 Å². The molecule has 1 aromatic carbocycles. The Balaban J connectivity index is 2.63. The zero-order valence-electron chi connectivity index (χ0n) is 10.4. The van der Waals surface area contributed by atoms with E-state index in [4.69, 9.17) is 4.74 Å². The molecule has 0 aliphatic carbocycles. The summed E-state index contributed by atoms with van der Waals surface area (Å²) in [4.78, 5) is 32.8. The molecule has 0 spiro atoms. The van der Waals surface area contributed by atoms with Crippen LogP contribution in [0.5, 0.6) is 5.75 Å². The number of aldehydes is 2. The molecule has 0 amide bonds. The summed E-state index contributed by atoms with van der Waals surface area (Å²) in [5.41, 5.74) is 0. The fourth-order valence-electron chi connectivity index (χ4n) is 1.61. The van der Waals surface area contributed by atoms with Crippen molar-refractivity contribution in [2.45, 2.75) is 25.7 Å². The minimum Gasteiger partial charge on any atom is -0.425 e. The van der Waals surface area contributed by atoms with Crippen LogP contribution in [0.2, 0.25) is 0 Å². The topological polar surface area (TPSA) is 60.4 Å². The molecule has 0 aromatic heterocycles. The number of hydrogen-bond acceptors (Lipinski definition) is 4. The highest BCUT2D eigenvalue weighted by Crippen LogP contribution is 2.25. The van der Waals surface area contributed by atoms with Crippen LogP contribution in [0.1, 0.15) is 25.7 Å². The van der Waals surface area contributed by atoms with Crippen LogP contribution < -0.4 is 4.74 Å². The number of unbranched alkanes of at least 4 members (excludes halogenated alkanes) is 1. The van der Waals surface area contributed by atoms with Gasteiger partial charge in [0, 0.05) is 12.8 Å². The Labute approximate surface area is 120 Å². The van der Waals surface area contributed by atoms with Crippen LogP contribution in [0.25, 0.3) is 0 Å². The SMILES string of the molecule is O=CCCCC(CC=O)C(=O)Oc1ccccc1Br. The molecule has 0 heterocycles. The van der Waals surface area contributed by atoms with E-state index in [0.29, 0.717) is 35.8 Å². The molecule has 1 atom stereocenters. The van der Waals surface area contributed by atoms with E-state index >= 15 is 0 Å². The van der Waals surface area contributed by atoms with Crippen molar-refractivity contribution >= 4 is 34.5 Å². The number of carbonyl (C=O) groups is 3. The molecular weight excluding hydrogens is 312 g/mol. The highest BCUT2D eigenvalue weighted by atomic mass is 79.9. The Kier molecular flexibility index (Phi) is 7.03. The molecule has 0 saturated carbocycles. The van der Waals surface area contributed by atoms with E-state index in [9.17, 15) is 14.4 Å². The quantitative estimate of drug-likeness (QED) is 0.319. The number of carbonyl (C=O) groups excluding carboxylic acids is 3. The lowest BCUT2D eigenvalue weighted by Gasteiger charge is -2.13. The summed E-state index contributed by atoms with van der Waals surface area (Å²) in [5, 5.41) is 0. The summed E-state index contributed by atoms with van der Waals surface area (Å²) < 4.78 is 5.94. The van der Waals surface area contributed by atoms with Gasteiger partial charge in [-0.3, -0.25) is 4.79 Å². The number of benzene rings is 1. The molecule has 1 aromatic rings. The van der Waals surface area contributed by atoms with Crippen LogP contribution >= 0.6 is 15.9 Å². The molecular formula is C14H15BrO4. The Morgan fingerprint density at radius 1 is 1.26 bits per heavy atom. The lowest BCUT2D eigenvalue weighted by Crippen LogP contribution is -2.21. The Morgan fingerprint density at radius 2 is 2.00 bits per heavy atom. The van der Waals surface area contributed by atoms with Gasteiger partial charge in [-0.2, -0.15) is 0 Å². The smallest absolute Gasteiger partial charge is 0.314 e. The second-order valence-corrected chi connectivity index (χ2v) is 4.90. The standard InChI is InChI=1S/C14H15BrO4/c15-12-6-1-2-7-13(12)19-14(18)11(8-10-17)5-3-4-9-16/h1-2,6-7,9-11H,3-5,8H2. The van der Waals surface area contributed by atoms with E-state index in [1.54, 1.807) is 18.2 Å². The summed E-state index contributed by atoms with van der Waals surface area (Å²) in [6, 6.07) is 7.01. The number of rotatable bonds is 8. The van der Waals surface area contributed by atoms with Gasteiger partial charge in [-0.1, -0.05) is 12.1 Å². The molecule has 0 radical (unpaired) electrons. The lowest BCUT2D eigenvalue weighted by atomic mass is 9.99. The second kappa shape index (κ2) is 8.58. The van der Waals surface area contributed by atoms with Crippen molar-refractivity contribution in [1.29, 1.82) is 0 Å². The predicted octanol–water partition coefficient (Wildman–Crippen LogP) is 2.93. The predicted molar refractivity (Wildman–Crippen MR) is 73.9 cm³/mol. The Bertz CT molecular complexity index is 445. The van der Waals surface area contributed by atoms with Gasteiger partial charge in [-0.05, 0) is 40.9 Å². The van der Waals surface area contributed by atoms with Crippen molar-refractivity contribution in [3.8, 4) is 5.75 Å². The van der Waals surface area contributed by atoms with E-state index in [0.717, 1.165) is 6.29 Å². The van der Waals surface area contributed by atoms with Crippen molar-refractivity contribution in [3.05, 3.63) is 28.7 Å². The zero-order chi connectivity index (χ0) is 14.1. The molecule has 0 N–H and O–H groups in total. The van der Waals surface area contributed by atoms with Gasteiger partial charge in [0.05, 0.1) is 10.4 Å². The highest BCUT2D eigenvalue weighted by molar-refractivity contribution is 9.10. The molecule has 19 heavy (non-hydrogen) atoms. The monoisotopic (exact) mass is 326 g/mol. The minimum atomic E-state index is -0.496. The van der Waals surface area contributed by atoms with Gasteiger partial charge in [-0.25, -0.2) is 0 Å². The molecule has 1 unspecified atom stereocenters. The van der Waals surface area contributed by atoms with Crippen molar-refractivity contribution in [3.63, 3.8) is 0 Å². The third-order valence-corrected chi connectivity index (χ3v) is 3.29. The zero-order valence-corrected chi connectivity index (χ0v) is 12.0. The number of para-hydroxylation sites is 1. The van der Waals surface area contributed by atoms with E-state index in [-0.39, 0.29) is 6.42 Å². The van der Waals surface area contributed by atoms with E-state index in [1.165, 1.54) is 0 Å². The molecule has 102 valence electrons. The summed E-state index contributed by atoms with van der Waals surface area (Å²) in [6.45, 7) is 0. The largest absolute Gasteiger partial charge is 0.425 e. The first-order valence-corrected chi connectivity index (χ1v) is 6.81. The number of esters is 1. The fourth-order valence-corrected chi connectivity index (χ4v) is 1.98. The molecule has 0 fully saturated rings. The van der Waals surface area contributed by atoms with Crippen LogP contribution in [-0.2, 0) is 14.4 Å². The van der Waals surface area contributed by atoms with Gasteiger partial charge in [0.15, 0.2) is 0 Å². The summed E-state index contributed by atoms with van der Waals surface area (Å²) in [7, 11) is 0. The summed E-state index contributed by atoms with van der Waals surface area (Å²) in [6.07, 6.45) is 3.05. The fraction of sp³-hybridized carbons (Fsp3) is 0.357. The van der Waals surface area contributed by atoms with Gasteiger partial charge in [0.25, 0.3) is 0 Å². The van der Waals surface area contributed by atoms with Gasteiger partial charge >= 0.3 is 5.97 Å². The number of halogens is 1. The number of hydrogen-bond donors (Lipinski definition) is 0. The summed E-state index contributed by atoms with van der Waals surface area (Å²) in [5.74, 6) is -0.506. The molecule has 0 saturated heterocycles. The Morgan fingerprint density at radius 3 is 2.63 bits per heavy atom. The second-order valence-electron chi connectivity index (χ2n) is 4.05. The average Bonchev–Trinajstić information content (AvgIpc) is 2.40. The summed E-state index contributed by atoms with van der Waals surface area (Å²) >= 11 is 3.28. The van der Waals surface area contributed by atoms with Gasteiger partial charge in [-0.15, -0.1) is 0 Å². The van der Waals surface area contributed by atoms with Crippen molar-refractivity contribution in [1.82, 2.24) is 0 Å². The first-order valence-electron chi connectivity index (χ1n) is 6.02. The lowest BCUT2D eigenvalue weighted by molar-refractivity contribution is -0.140. The molecule has 0 aliphatic rings. The van der Waals surface area contributed by atoms with Gasteiger partial charge < -0.3 is 14.3 Å². The molecule has 5 heteroatoms. The third kappa shape index (κ3) is 5.34. The van der Waals surface area contributed by atoms with Crippen LogP contribution in [0.15, 0.2) is 28.7 Å². The molecule has 4 nitrogen and oxygen atoms in total. The maximum Gasteiger partial charge on any atom is 0.314 e. The maximum absolute atomic E-state index is 12.0. The van der Waals surface area contributed by atoms with Crippen molar-refractivity contribution < 1.29 is 19.1 Å². The van der Waals surface area contributed by atoms with E-state index in [2.05, 4.69) is 15.9 Å². The first kappa shape index (κ1) is 15.6. The van der Waals surface area contributed by atoms with E-state index < -0.39 is 11.9 Å². The van der Waals surface area contributed by atoms with Crippen LogP contribution in [0, 0.1) is 5.92 Å². The highest BCUT2D eigenvalue weighted by Gasteiger charge is 2.20. The maximum atomic E-state index is 12.0. The Hall–Kier alpha value is -1.49. The van der Waals surface area contributed by atoms with Gasteiger partial charge in [0.1, 0.15) is 18.3 Å². The van der Waals surface area contributed by atoms with Crippen LogP contribution in [0.4, 0.5) is 0 Å². The molecule has 0 bridgehead atoms. The average molecular weight is 327 g/mol. The third-order valence-electron chi connectivity index (χ3n) is 2.64. The minimum absolute atomic E-state index is 0.113. The molecule has 0 aliphatic heterocycles. The molecule has 1 rings (SSSR count). The first-order chi connectivity index (χ1) is 9.19. The van der Waals surface area contributed by atoms with Crippen LogP contribution in [-0.4, -0.2) is 18.5 Å². The van der Waals surface area contributed by atoms with E-state index in [1.807, 2.05) is 6.07 Å².